The zero-order valence-electron chi connectivity index (χ0n) is 16.1. The van der Waals surface area contributed by atoms with E-state index in [0.717, 1.165) is 12.8 Å². The van der Waals surface area contributed by atoms with Crippen LogP contribution in [-0.4, -0.2) is 36.5 Å². The van der Waals surface area contributed by atoms with Gasteiger partial charge in [0, 0.05) is 25.6 Å². The third kappa shape index (κ3) is 8.42. The Balaban J connectivity index is 1.54. The van der Waals surface area contributed by atoms with Gasteiger partial charge in [0.2, 0.25) is 0 Å². The van der Waals surface area contributed by atoms with Gasteiger partial charge in [-0.25, -0.2) is 0 Å². The van der Waals surface area contributed by atoms with Crippen molar-refractivity contribution in [1.82, 2.24) is 5.32 Å². The number of ether oxygens (including phenoxy) is 1. The van der Waals surface area contributed by atoms with Gasteiger partial charge in [0.15, 0.2) is 6.61 Å². The van der Waals surface area contributed by atoms with E-state index in [9.17, 15) is 19.7 Å². The van der Waals surface area contributed by atoms with Crippen molar-refractivity contribution in [2.24, 2.45) is 0 Å². The molecule has 0 radical (unpaired) electrons. The number of esters is 1. The number of anilines is 1. The first-order chi connectivity index (χ1) is 14.1. The Kier molecular flexibility index (Phi) is 9.14. The monoisotopic (exact) mass is 399 g/mol. The summed E-state index contributed by atoms with van der Waals surface area (Å²) in [6.45, 7) is 0.596. The number of rotatable bonds is 12. The zero-order chi connectivity index (χ0) is 20.9. The smallest absolute Gasteiger partial charge is 0.306 e. The lowest BCUT2D eigenvalue weighted by Gasteiger charge is -2.08. The van der Waals surface area contributed by atoms with Crippen LogP contribution in [0, 0.1) is 10.1 Å². The molecule has 0 aromatic heterocycles. The lowest BCUT2D eigenvalue weighted by Crippen LogP contribution is -2.29. The van der Waals surface area contributed by atoms with Crippen molar-refractivity contribution >= 4 is 23.3 Å². The van der Waals surface area contributed by atoms with Gasteiger partial charge in [0.25, 0.3) is 11.6 Å². The van der Waals surface area contributed by atoms with Gasteiger partial charge < -0.3 is 15.4 Å². The number of nitrogens with zero attached hydrogens (tertiary/aromatic N) is 1. The lowest BCUT2D eigenvalue weighted by molar-refractivity contribution is -0.384. The highest BCUT2D eigenvalue weighted by Crippen LogP contribution is 2.22. The molecule has 0 spiro atoms. The molecule has 1 amide bonds. The fourth-order valence-electron chi connectivity index (χ4n) is 2.67. The minimum absolute atomic E-state index is 0.0148. The molecule has 8 nitrogen and oxygen atoms in total. The van der Waals surface area contributed by atoms with E-state index in [4.69, 9.17) is 4.74 Å². The SMILES string of the molecule is O=C(COC(=O)CCCNc1ccccc1[N+](=O)[O-])NCCCc1ccccc1. The van der Waals surface area contributed by atoms with E-state index < -0.39 is 10.9 Å². The van der Waals surface area contributed by atoms with Crippen LogP contribution in [-0.2, 0) is 20.7 Å². The van der Waals surface area contributed by atoms with E-state index in [-0.39, 0.29) is 24.6 Å². The number of benzene rings is 2. The van der Waals surface area contributed by atoms with Crippen LogP contribution in [0.25, 0.3) is 0 Å². The van der Waals surface area contributed by atoms with Crippen LogP contribution in [0.5, 0.6) is 0 Å². The zero-order valence-corrected chi connectivity index (χ0v) is 16.1. The third-order valence-electron chi connectivity index (χ3n) is 4.15. The molecule has 0 aliphatic rings. The molecule has 29 heavy (non-hydrogen) atoms. The van der Waals surface area contributed by atoms with E-state index in [1.54, 1.807) is 18.2 Å². The summed E-state index contributed by atoms with van der Waals surface area (Å²) in [5.74, 6) is -0.807. The van der Waals surface area contributed by atoms with E-state index >= 15 is 0 Å². The number of para-hydroxylation sites is 2. The van der Waals surface area contributed by atoms with Gasteiger partial charge in [-0.05, 0) is 30.9 Å². The number of carbonyl (C=O) groups is 2. The van der Waals surface area contributed by atoms with Gasteiger partial charge in [-0.1, -0.05) is 42.5 Å². The Bertz CT molecular complexity index is 811. The minimum atomic E-state index is -0.478. The molecule has 0 atom stereocenters. The van der Waals surface area contributed by atoms with Crippen molar-refractivity contribution in [2.75, 3.05) is 25.0 Å². The molecule has 2 aromatic carbocycles. The van der Waals surface area contributed by atoms with Crippen LogP contribution >= 0.6 is 0 Å². The van der Waals surface area contributed by atoms with E-state index in [2.05, 4.69) is 10.6 Å². The first kappa shape index (κ1) is 21.9. The topological polar surface area (TPSA) is 111 Å². The maximum absolute atomic E-state index is 11.7. The van der Waals surface area contributed by atoms with Crippen LogP contribution in [0.1, 0.15) is 24.8 Å². The standard InChI is InChI=1S/C21H25N3O5/c25-20(23-15-6-10-17-8-2-1-3-9-17)16-29-21(26)13-7-14-22-18-11-4-5-12-19(18)24(27)28/h1-5,8-9,11-12,22H,6-7,10,13-16H2,(H,23,25). The highest BCUT2D eigenvalue weighted by Gasteiger charge is 2.12. The van der Waals surface area contributed by atoms with Crippen molar-refractivity contribution in [2.45, 2.75) is 25.7 Å². The van der Waals surface area contributed by atoms with Crippen molar-refractivity contribution in [1.29, 1.82) is 0 Å². The summed E-state index contributed by atoms with van der Waals surface area (Å²) in [5.41, 5.74) is 1.60. The number of hydrogen-bond donors (Lipinski definition) is 2. The summed E-state index contributed by atoms with van der Waals surface area (Å²) < 4.78 is 4.95. The molecule has 0 saturated carbocycles. The van der Waals surface area contributed by atoms with Crippen LogP contribution < -0.4 is 10.6 Å². The third-order valence-corrected chi connectivity index (χ3v) is 4.15. The Labute approximate surface area is 169 Å². The largest absolute Gasteiger partial charge is 0.456 e. The Hall–Kier alpha value is -3.42. The average Bonchev–Trinajstić information content (AvgIpc) is 2.73. The second-order valence-corrected chi connectivity index (χ2v) is 6.40. The maximum atomic E-state index is 11.7. The molecule has 0 aliphatic heterocycles. The second kappa shape index (κ2) is 12.1. The van der Waals surface area contributed by atoms with E-state index in [1.807, 2.05) is 30.3 Å². The van der Waals surface area contributed by atoms with Crippen molar-refractivity contribution in [3.63, 3.8) is 0 Å². The number of amides is 1. The van der Waals surface area contributed by atoms with E-state index in [1.165, 1.54) is 11.6 Å². The highest BCUT2D eigenvalue weighted by molar-refractivity contribution is 5.80. The quantitative estimate of drug-likeness (QED) is 0.246. The molecular weight excluding hydrogens is 374 g/mol. The Morgan fingerprint density at radius 3 is 2.45 bits per heavy atom. The molecule has 0 bridgehead atoms. The van der Waals surface area contributed by atoms with Crippen molar-refractivity contribution in [3.05, 3.63) is 70.3 Å². The number of nitro benzene ring substituents is 1. The molecule has 2 rings (SSSR count). The van der Waals surface area contributed by atoms with Crippen LogP contribution in [0.4, 0.5) is 11.4 Å². The van der Waals surface area contributed by atoms with Gasteiger partial charge in [0.1, 0.15) is 5.69 Å². The first-order valence-corrected chi connectivity index (χ1v) is 9.50. The summed E-state index contributed by atoms with van der Waals surface area (Å²) >= 11 is 0. The molecule has 0 heterocycles. The van der Waals surface area contributed by atoms with Gasteiger partial charge in [-0.3, -0.25) is 19.7 Å². The van der Waals surface area contributed by atoms with Gasteiger partial charge in [0.05, 0.1) is 4.92 Å². The fraction of sp³-hybridized carbons (Fsp3) is 0.333. The fourth-order valence-corrected chi connectivity index (χ4v) is 2.67. The summed E-state index contributed by atoms with van der Waals surface area (Å²) in [7, 11) is 0. The van der Waals surface area contributed by atoms with E-state index in [0.29, 0.717) is 25.2 Å². The number of carbonyl (C=O) groups excluding carboxylic acids is 2. The molecular formula is C21H25N3O5. The predicted molar refractivity (Wildman–Crippen MR) is 110 cm³/mol. The van der Waals surface area contributed by atoms with Crippen LogP contribution in [0.2, 0.25) is 0 Å². The molecule has 0 aliphatic carbocycles. The number of aryl methyl sites for hydroxylation is 1. The normalized spacial score (nSPS) is 10.2. The van der Waals surface area contributed by atoms with Gasteiger partial charge >= 0.3 is 5.97 Å². The summed E-state index contributed by atoms with van der Waals surface area (Å²) in [6.07, 6.45) is 2.23. The predicted octanol–water partition coefficient (Wildman–Crippen LogP) is 3.08. The number of nitro groups is 1. The summed E-state index contributed by atoms with van der Waals surface area (Å²) in [6, 6.07) is 16.3. The van der Waals surface area contributed by atoms with Crippen LogP contribution in [0.15, 0.2) is 54.6 Å². The average molecular weight is 399 g/mol. The first-order valence-electron chi connectivity index (χ1n) is 9.50. The Morgan fingerprint density at radius 2 is 1.69 bits per heavy atom. The maximum Gasteiger partial charge on any atom is 0.306 e. The lowest BCUT2D eigenvalue weighted by atomic mass is 10.1. The van der Waals surface area contributed by atoms with Crippen molar-refractivity contribution in [3.8, 4) is 0 Å². The van der Waals surface area contributed by atoms with Crippen molar-refractivity contribution < 1.29 is 19.2 Å². The minimum Gasteiger partial charge on any atom is -0.456 e. The van der Waals surface area contributed by atoms with Gasteiger partial charge in [-0.15, -0.1) is 0 Å². The van der Waals surface area contributed by atoms with Crippen LogP contribution in [0.3, 0.4) is 0 Å². The second-order valence-electron chi connectivity index (χ2n) is 6.40. The molecule has 0 unspecified atom stereocenters. The van der Waals surface area contributed by atoms with Gasteiger partial charge in [-0.2, -0.15) is 0 Å². The Morgan fingerprint density at radius 1 is 0.966 bits per heavy atom. The molecule has 154 valence electrons. The molecule has 2 N–H and O–H groups in total. The molecule has 0 fully saturated rings. The summed E-state index contributed by atoms with van der Waals surface area (Å²) in [5, 5.41) is 16.6. The molecule has 0 saturated heterocycles. The number of hydrogen-bond acceptors (Lipinski definition) is 6. The number of nitrogens with one attached hydrogen (secondary N) is 2. The molecule has 2 aromatic rings. The highest BCUT2D eigenvalue weighted by atomic mass is 16.6. The summed E-state index contributed by atoms with van der Waals surface area (Å²) in [4.78, 5) is 33.9. The molecule has 8 heteroatoms.